The van der Waals surface area contributed by atoms with Crippen LogP contribution >= 0.6 is 0 Å². The molecule has 152 valence electrons. The third-order valence-electron chi connectivity index (χ3n) is 5.77. The van der Waals surface area contributed by atoms with Crippen LogP contribution in [0.1, 0.15) is 27.0 Å². The van der Waals surface area contributed by atoms with E-state index in [1.54, 1.807) is 20.1 Å². The number of piperazine rings is 1. The van der Waals surface area contributed by atoms with Crippen LogP contribution in [0, 0.1) is 19.7 Å². The lowest BCUT2D eigenvalue weighted by Gasteiger charge is -2.35. The van der Waals surface area contributed by atoms with Gasteiger partial charge in [0, 0.05) is 55.9 Å². The van der Waals surface area contributed by atoms with E-state index in [4.69, 9.17) is 4.74 Å². The summed E-state index contributed by atoms with van der Waals surface area (Å²) in [5, 5.41) is 0.995. The number of fused-ring (bicyclic) bond motifs is 1. The third kappa shape index (κ3) is 3.85. The van der Waals surface area contributed by atoms with Crippen LogP contribution in [-0.4, -0.2) is 54.0 Å². The van der Waals surface area contributed by atoms with Gasteiger partial charge >= 0.3 is 0 Å². The molecule has 0 radical (unpaired) electrons. The average molecular weight is 395 g/mol. The fourth-order valence-corrected chi connectivity index (χ4v) is 3.95. The number of aromatic nitrogens is 1. The van der Waals surface area contributed by atoms with Crippen molar-refractivity contribution in [3.05, 3.63) is 64.6 Å². The first kappa shape index (κ1) is 19.5. The van der Waals surface area contributed by atoms with Crippen LogP contribution in [0.2, 0.25) is 0 Å². The van der Waals surface area contributed by atoms with Gasteiger partial charge in [0.1, 0.15) is 11.6 Å². The SMILES string of the molecule is COc1cc2[nH]ccc2cc1C(=O)N1CCN(Cc2cc(C)c(F)cc2C)CC1. The van der Waals surface area contributed by atoms with Gasteiger partial charge in [0.15, 0.2) is 0 Å². The Morgan fingerprint density at radius 3 is 2.59 bits per heavy atom. The number of rotatable bonds is 4. The lowest BCUT2D eigenvalue weighted by molar-refractivity contribution is 0.0625. The molecule has 4 rings (SSSR count). The van der Waals surface area contributed by atoms with E-state index < -0.39 is 0 Å². The maximum absolute atomic E-state index is 13.7. The molecular formula is C23H26FN3O2. The molecular weight excluding hydrogens is 369 g/mol. The summed E-state index contributed by atoms with van der Waals surface area (Å²) in [6.07, 6.45) is 1.86. The normalized spacial score (nSPS) is 15.1. The monoisotopic (exact) mass is 395 g/mol. The number of hydrogen-bond donors (Lipinski definition) is 1. The standard InChI is InChI=1S/C23H26FN3O2/c1-15-11-20(24)16(2)10-18(15)14-26-6-8-27(9-7-26)23(28)19-12-17-4-5-25-21(17)13-22(19)29-3/h4-5,10-13,25H,6-9,14H2,1-3H3. The molecule has 5 nitrogen and oxygen atoms in total. The molecule has 1 amide bonds. The van der Waals surface area contributed by atoms with Gasteiger partial charge in [-0.3, -0.25) is 9.69 Å². The van der Waals surface area contributed by atoms with Crippen molar-refractivity contribution in [2.24, 2.45) is 0 Å². The van der Waals surface area contributed by atoms with Crippen molar-refractivity contribution in [1.82, 2.24) is 14.8 Å². The number of aromatic amines is 1. The van der Waals surface area contributed by atoms with Crippen LogP contribution in [0.4, 0.5) is 4.39 Å². The van der Waals surface area contributed by atoms with Gasteiger partial charge in [-0.25, -0.2) is 4.39 Å². The molecule has 1 aromatic heterocycles. The number of H-pyrrole nitrogens is 1. The maximum Gasteiger partial charge on any atom is 0.257 e. The van der Waals surface area contributed by atoms with Crippen LogP contribution in [0.5, 0.6) is 5.75 Å². The van der Waals surface area contributed by atoms with Gasteiger partial charge in [-0.15, -0.1) is 0 Å². The molecule has 0 unspecified atom stereocenters. The van der Waals surface area contributed by atoms with Crippen molar-refractivity contribution >= 4 is 16.8 Å². The minimum absolute atomic E-state index is 0.00147. The summed E-state index contributed by atoms with van der Waals surface area (Å²) >= 11 is 0. The van der Waals surface area contributed by atoms with E-state index in [1.165, 1.54) is 0 Å². The van der Waals surface area contributed by atoms with Gasteiger partial charge < -0.3 is 14.6 Å². The summed E-state index contributed by atoms with van der Waals surface area (Å²) in [5.41, 5.74) is 4.33. The van der Waals surface area contributed by atoms with Crippen LogP contribution in [-0.2, 0) is 6.54 Å². The van der Waals surface area contributed by atoms with Gasteiger partial charge in [0.2, 0.25) is 0 Å². The predicted molar refractivity (Wildman–Crippen MR) is 112 cm³/mol. The second-order valence-electron chi connectivity index (χ2n) is 7.71. The number of halogens is 1. The maximum atomic E-state index is 13.7. The number of benzene rings is 2. The quantitative estimate of drug-likeness (QED) is 0.729. The third-order valence-corrected chi connectivity index (χ3v) is 5.77. The van der Waals surface area contributed by atoms with Crippen molar-refractivity contribution < 1.29 is 13.9 Å². The Labute approximate surface area is 170 Å². The minimum Gasteiger partial charge on any atom is -0.496 e. The Hall–Kier alpha value is -2.86. The zero-order valence-corrected chi connectivity index (χ0v) is 17.1. The molecule has 0 saturated carbocycles. The minimum atomic E-state index is -0.157. The number of aryl methyl sites for hydroxylation is 2. The van der Waals surface area contributed by atoms with E-state index in [-0.39, 0.29) is 11.7 Å². The average Bonchev–Trinajstić information content (AvgIpc) is 3.18. The van der Waals surface area contributed by atoms with Gasteiger partial charge in [-0.05, 0) is 48.7 Å². The van der Waals surface area contributed by atoms with Gasteiger partial charge in [0.05, 0.1) is 12.7 Å². The molecule has 1 fully saturated rings. The molecule has 0 bridgehead atoms. The first-order valence-electron chi connectivity index (χ1n) is 9.88. The fourth-order valence-electron chi connectivity index (χ4n) is 3.95. The summed E-state index contributed by atoms with van der Waals surface area (Å²) in [4.78, 5) is 20.5. The highest BCUT2D eigenvalue weighted by Crippen LogP contribution is 2.27. The first-order chi connectivity index (χ1) is 14.0. The van der Waals surface area contributed by atoms with E-state index in [2.05, 4.69) is 9.88 Å². The Kier molecular flexibility index (Phi) is 5.28. The second-order valence-corrected chi connectivity index (χ2v) is 7.71. The highest BCUT2D eigenvalue weighted by molar-refractivity contribution is 6.01. The van der Waals surface area contributed by atoms with E-state index in [1.807, 2.05) is 42.3 Å². The van der Waals surface area contributed by atoms with Crippen molar-refractivity contribution in [1.29, 1.82) is 0 Å². The van der Waals surface area contributed by atoms with E-state index in [9.17, 15) is 9.18 Å². The Bertz CT molecular complexity index is 1050. The van der Waals surface area contributed by atoms with E-state index in [0.717, 1.165) is 41.7 Å². The predicted octanol–water partition coefficient (Wildman–Crippen LogP) is 3.89. The molecule has 0 aliphatic carbocycles. The molecule has 0 spiro atoms. The number of ether oxygens (including phenoxy) is 1. The highest BCUT2D eigenvalue weighted by Gasteiger charge is 2.25. The second kappa shape index (κ2) is 7.87. The topological polar surface area (TPSA) is 48.6 Å². The number of carbonyl (C=O) groups is 1. The van der Waals surface area contributed by atoms with Crippen LogP contribution in [0.25, 0.3) is 10.9 Å². The zero-order valence-electron chi connectivity index (χ0n) is 17.1. The fraction of sp³-hybridized carbons (Fsp3) is 0.348. The number of nitrogens with zero attached hydrogens (tertiary/aromatic N) is 2. The first-order valence-corrected chi connectivity index (χ1v) is 9.88. The van der Waals surface area contributed by atoms with E-state index >= 15 is 0 Å². The summed E-state index contributed by atoms with van der Waals surface area (Å²) in [6.45, 7) is 7.41. The molecule has 1 N–H and O–H groups in total. The van der Waals surface area contributed by atoms with Crippen molar-refractivity contribution in [2.75, 3.05) is 33.3 Å². The summed E-state index contributed by atoms with van der Waals surface area (Å²) in [7, 11) is 1.59. The van der Waals surface area contributed by atoms with Crippen molar-refractivity contribution in [2.45, 2.75) is 20.4 Å². The Morgan fingerprint density at radius 2 is 1.86 bits per heavy atom. The zero-order chi connectivity index (χ0) is 20.5. The molecule has 1 saturated heterocycles. The molecule has 29 heavy (non-hydrogen) atoms. The van der Waals surface area contributed by atoms with Crippen LogP contribution < -0.4 is 4.74 Å². The van der Waals surface area contributed by atoms with Crippen molar-refractivity contribution in [3.63, 3.8) is 0 Å². The molecule has 2 heterocycles. The van der Waals surface area contributed by atoms with Crippen molar-refractivity contribution in [3.8, 4) is 5.75 Å². The number of methoxy groups -OCH3 is 1. The smallest absolute Gasteiger partial charge is 0.257 e. The number of amides is 1. The lowest BCUT2D eigenvalue weighted by atomic mass is 10.0. The van der Waals surface area contributed by atoms with Gasteiger partial charge in [-0.1, -0.05) is 6.07 Å². The number of carbonyl (C=O) groups excluding carboxylic acids is 1. The molecule has 2 aromatic carbocycles. The molecule has 0 atom stereocenters. The Morgan fingerprint density at radius 1 is 1.10 bits per heavy atom. The highest BCUT2D eigenvalue weighted by atomic mass is 19.1. The van der Waals surface area contributed by atoms with Gasteiger partial charge in [0.25, 0.3) is 5.91 Å². The number of hydrogen-bond acceptors (Lipinski definition) is 3. The molecule has 1 aliphatic rings. The summed E-state index contributed by atoms with van der Waals surface area (Å²) in [6, 6.07) is 9.26. The molecule has 3 aromatic rings. The summed E-state index contributed by atoms with van der Waals surface area (Å²) < 4.78 is 19.2. The lowest BCUT2D eigenvalue weighted by Crippen LogP contribution is -2.48. The van der Waals surface area contributed by atoms with E-state index in [0.29, 0.717) is 30.0 Å². The molecule has 6 heteroatoms. The van der Waals surface area contributed by atoms with Gasteiger partial charge in [-0.2, -0.15) is 0 Å². The molecule has 1 aliphatic heterocycles. The summed E-state index contributed by atoms with van der Waals surface area (Å²) in [5.74, 6) is 0.429. The van der Waals surface area contributed by atoms with Crippen LogP contribution in [0.3, 0.4) is 0 Å². The Balaban J connectivity index is 1.44. The van der Waals surface area contributed by atoms with Crippen LogP contribution in [0.15, 0.2) is 36.5 Å². The number of nitrogens with one attached hydrogen (secondary N) is 1. The largest absolute Gasteiger partial charge is 0.496 e.